The number of nitrogens with one attached hydrogen (secondary N) is 1. The van der Waals surface area contributed by atoms with Crippen LogP contribution in [0.5, 0.6) is 0 Å². The number of carbonyl (C=O) groups is 1. The van der Waals surface area contributed by atoms with Gasteiger partial charge in [0.15, 0.2) is 11.6 Å². The van der Waals surface area contributed by atoms with Crippen LogP contribution in [0.4, 0.5) is 8.78 Å². The van der Waals surface area contributed by atoms with Crippen molar-refractivity contribution >= 4 is 5.97 Å². The summed E-state index contributed by atoms with van der Waals surface area (Å²) in [5, 5.41) is 2.87. The number of hydrogen-bond acceptors (Lipinski definition) is 3. The highest BCUT2D eigenvalue weighted by atomic mass is 19.2. The van der Waals surface area contributed by atoms with Gasteiger partial charge in [0.1, 0.15) is 6.04 Å². The fourth-order valence-corrected chi connectivity index (χ4v) is 1.65. The average molecular weight is 257 g/mol. The number of carbonyl (C=O) groups excluding carboxylic acids is 1. The van der Waals surface area contributed by atoms with E-state index < -0.39 is 29.7 Å². The Kier molecular flexibility index (Phi) is 5.22. The van der Waals surface area contributed by atoms with Crippen LogP contribution in [-0.2, 0) is 9.53 Å². The number of esters is 1. The average Bonchev–Trinajstić information content (AvgIpc) is 2.32. The molecule has 0 heterocycles. The maximum atomic E-state index is 13.5. The number of halogens is 2. The zero-order valence-electron chi connectivity index (χ0n) is 10.7. The highest BCUT2D eigenvalue weighted by molar-refractivity contribution is 5.75. The minimum atomic E-state index is -0.898. The second-order valence-electron chi connectivity index (χ2n) is 4.01. The van der Waals surface area contributed by atoms with Gasteiger partial charge in [0.05, 0.1) is 6.61 Å². The Morgan fingerprint density at radius 2 is 2.06 bits per heavy atom. The molecule has 0 aliphatic heterocycles. The van der Waals surface area contributed by atoms with Crippen LogP contribution in [0.25, 0.3) is 0 Å². The molecule has 0 spiro atoms. The molecule has 1 rings (SSSR count). The van der Waals surface area contributed by atoms with Gasteiger partial charge in [0, 0.05) is 11.6 Å². The molecule has 100 valence electrons. The first kappa shape index (κ1) is 14.6. The third-order valence-corrected chi connectivity index (χ3v) is 2.59. The number of rotatable bonds is 5. The van der Waals surface area contributed by atoms with E-state index in [1.54, 1.807) is 20.8 Å². The number of hydrogen-bond donors (Lipinski definition) is 1. The summed E-state index contributed by atoms with van der Waals surface area (Å²) >= 11 is 0. The Morgan fingerprint density at radius 1 is 1.39 bits per heavy atom. The van der Waals surface area contributed by atoms with E-state index in [2.05, 4.69) is 5.32 Å². The van der Waals surface area contributed by atoms with Crippen LogP contribution >= 0.6 is 0 Å². The number of benzene rings is 1. The summed E-state index contributed by atoms with van der Waals surface area (Å²) in [5.74, 6) is -2.21. The molecule has 1 N–H and O–H groups in total. The summed E-state index contributed by atoms with van der Waals surface area (Å²) in [6.07, 6.45) is 0. The van der Waals surface area contributed by atoms with E-state index in [1.807, 2.05) is 0 Å². The van der Waals surface area contributed by atoms with Gasteiger partial charge in [-0.2, -0.15) is 0 Å². The first-order chi connectivity index (χ1) is 8.47. The molecule has 0 amide bonds. The fraction of sp³-hybridized carbons (Fsp3) is 0.462. The van der Waals surface area contributed by atoms with Gasteiger partial charge >= 0.3 is 5.97 Å². The minimum absolute atomic E-state index is 0.186. The Balaban J connectivity index is 2.73. The zero-order chi connectivity index (χ0) is 13.7. The second-order valence-corrected chi connectivity index (χ2v) is 4.01. The summed E-state index contributed by atoms with van der Waals surface area (Å²) in [4.78, 5) is 11.4. The highest BCUT2D eigenvalue weighted by Crippen LogP contribution is 2.19. The Bertz CT molecular complexity index is 423. The van der Waals surface area contributed by atoms with E-state index in [9.17, 15) is 13.6 Å². The van der Waals surface area contributed by atoms with Crippen molar-refractivity contribution in [2.24, 2.45) is 0 Å². The van der Waals surface area contributed by atoms with Crippen molar-refractivity contribution in [1.29, 1.82) is 0 Å². The quantitative estimate of drug-likeness (QED) is 0.824. The molecular weight excluding hydrogens is 240 g/mol. The van der Waals surface area contributed by atoms with Gasteiger partial charge in [0.2, 0.25) is 0 Å². The van der Waals surface area contributed by atoms with E-state index in [4.69, 9.17) is 4.74 Å². The SMILES string of the molecule is CCOC(=O)C(C)NC(C)c1cccc(F)c1F. The van der Waals surface area contributed by atoms with Crippen LogP contribution in [0.15, 0.2) is 18.2 Å². The highest BCUT2D eigenvalue weighted by Gasteiger charge is 2.20. The normalized spacial score (nSPS) is 14.1. The first-order valence-electron chi connectivity index (χ1n) is 5.84. The third-order valence-electron chi connectivity index (χ3n) is 2.59. The summed E-state index contributed by atoms with van der Waals surface area (Å²) in [6, 6.07) is 2.90. The lowest BCUT2D eigenvalue weighted by Crippen LogP contribution is -2.37. The topological polar surface area (TPSA) is 38.3 Å². The lowest BCUT2D eigenvalue weighted by atomic mass is 10.1. The lowest BCUT2D eigenvalue weighted by molar-refractivity contribution is -0.145. The fourth-order valence-electron chi connectivity index (χ4n) is 1.65. The second kappa shape index (κ2) is 6.44. The molecule has 0 bridgehead atoms. The molecule has 3 nitrogen and oxygen atoms in total. The Hall–Kier alpha value is -1.49. The molecule has 0 radical (unpaired) electrons. The maximum absolute atomic E-state index is 13.5. The van der Waals surface area contributed by atoms with Crippen molar-refractivity contribution in [2.45, 2.75) is 32.9 Å². The Labute approximate surface area is 105 Å². The van der Waals surface area contributed by atoms with Gasteiger partial charge in [-0.1, -0.05) is 12.1 Å². The molecule has 0 aliphatic carbocycles. The zero-order valence-corrected chi connectivity index (χ0v) is 10.7. The molecule has 1 aromatic carbocycles. The molecule has 1 aromatic rings. The summed E-state index contributed by atoms with van der Waals surface area (Å²) in [7, 11) is 0. The largest absolute Gasteiger partial charge is 0.465 e. The van der Waals surface area contributed by atoms with E-state index in [-0.39, 0.29) is 12.2 Å². The lowest BCUT2D eigenvalue weighted by Gasteiger charge is -2.19. The molecule has 0 aliphatic rings. The van der Waals surface area contributed by atoms with Gasteiger partial charge in [-0.15, -0.1) is 0 Å². The molecule has 0 saturated carbocycles. The predicted octanol–water partition coefficient (Wildman–Crippen LogP) is 2.57. The van der Waals surface area contributed by atoms with E-state index in [0.29, 0.717) is 0 Å². The monoisotopic (exact) mass is 257 g/mol. The van der Waals surface area contributed by atoms with Gasteiger partial charge < -0.3 is 4.74 Å². The standard InChI is InChI=1S/C13H17F2NO2/c1-4-18-13(17)9(3)16-8(2)10-6-5-7-11(14)12(10)15/h5-9,16H,4H2,1-3H3. The van der Waals surface area contributed by atoms with Gasteiger partial charge in [-0.25, -0.2) is 8.78 Å². The summed E-state index contributed by atoms with van der Waals surface area (Å²) in [5.41, 5.74) is 0.186. The van der Waals surface area contributed by atoms with E-state index >= 15 is 0 Å². The van der Waals surface area contributed by atoms with Crippen LogP contribution in [0.1, 0.15) is 32.4 Å². The van der Waals surface area contributed by atoms with Crippen LogP contribution in [0.2, 0.25) is 0 Å². The first-order valence-corrected chi connectivity index (χ1v) is 5.84. The summed E-state index contributed by atoms with van der Waals surface area (Å²) in [6.45, 7) is 5.27. The van der Waals surface area contributed by atoms with Crippen LogP contribution < -0.4 is 5.32 Å². The number of ether oxygens (including phenoxy) is 1. The van der Waals surface area contributed by atoms with Crippen LogP contribution in [0.3, 0.4) is 0 Å². The van der Waals surface area contributed by atoms with Crippen molar-refractivity contribution in [3.63, 3.8) is 0 Å². The van der Waals surface area contributed by atoms with Crippen molar-refractivity contribution in [1.82, 2.24) is 5.32 Å². The molecule has 0 fully saturated rings. The predicted molar refractivity (Wildman–Crippen MR) is 64.0 cm³/mol. The van der Waals surface area contributed by atoms with E-state index in [0.717, 1.165) is 6.07 Å². The third kappa shape index (κ3) is 3.50. The molecule has 5 heteroatoms. The van der Waals surface area contributed by atoms with Crippen molar-refractivity contribution < 1.29 is 18.3 Å². The van der Waals surface area contributed by atoms with Crippen LogP contribution in [-0.4, -0.2) is 18.6 Å². The Morgan fingerprint density at radius 3 is 2.67 bits per heavy atom. The smallest absolute Gasteiger partial charge is 0.322 e. The molecule has 0 saturated heterocycles. The molecular formula is C13H17F2NO2. The molecule has 2 atom stereocenters. The van der Waals surface area contributed by atoms with E-state index in [1.165, 1.54) is 12.1 Å². The van der Waals surface area contributed by atoms with Crippen molar-refractivity contribution in [3.8, 4) is 0 Å². The van der Waals surface area contributed by atoms with Crippen molar-refractivity contribution in [2.75, 3.05) is 6.61 Å². The summed E-state index contributed by atoms with van der Waals surface area (Å²) < 4.78 is 31.4. The molecule has 2 unspecified atom stereocenters. The van der Waals surface area contributed by atoms with Gasteiger partial charge in [0.25, 0.3) is 0 Å². The van der Waals surface area contributed by atoms with Gasteiger partial charge in [-0.3, -0.25) is 10.1 Å². The molecule has 0 aromatic heterocycles. The molecule has 18 heavy (non-hydrogen) atoms. The maximum Gasteiger partial charge on any atom is 0.322 e. The minimum Gasteiger partial charge on any atom is -0.465 e. The van der Waals surface area contributed by atoms with Gasteiger partial charge in [-0.05, 0) is 26.8 Å². The van der Waals surface area contributed by atoms with Crippen LogP contribution in [0, 0.1) is 11.6 Å². The van der Waals surface area contributed by atoms with Crippen molar-refractivity contribution in [3.05, 3.63) is 35.4 Å².